The Balaban J connectivity index is 1.79. The van der Waals surface area contributed by atoms with Crippen molar-refractivity contribution in [3.05, 3.63) is 65.2 Å². The summed E-state index contributed by atoms with van der Waals surface area (Å²) in [5.41, 5.74) is 3.53. The Morgan fingerprint density at radius 3 is 2.43 bits per heavy atom. The van der Waals surface area contributed by atoms with Gasteiger partial charge in [-0.2, -0.15) is 0 Å². The molecular formula is C23H26N2O4S. The van der Waals surface area contributed by atoms with Crippen LogP contribution in [0.1, 0.15) is 55.3 Å². The number of nitrogens with one attached hydrogen (secondary N) is 2. The highest BCUT2D eigenvalue weighted by Gasteiger charge is 2.28. The number of carbonyl (C=O) groups excluding carboxylic acids is 2. The maximum atomic E-state index is 11.6. The Kier molecular flexibility index (Phi) is 7.15. The number of carboxylic acids is 1. The second-order valence-corrected chi connectivity index (χ2v) is 8.58. The average Bonchev–Trinajstić information content (AvgIpc) is 2.71. The standard InChI is InChI=1S/C23H26N2O4S/c1-14(26)24-21-11-10-18(19-8-3-4-9-20(19)21)16-6-5-7-17(12-16)30-13-22(23(28)29)25-15(2)27/h3-9,12,18,21-22H,10-11,13H2,1-2H3,(H,24,26)(H,25,27)(H,28,29)/t18-,21?,22+/m1/s1. The van der Waals surface area contributed by atoms with Gasteiger partial charge in [-0.05, 0) is 41.7 Å². The van der Waals surface area contributed by atoms with Crippen molar-refractivity contribution < 1.29 is 19.5 Å². The highest BCUT2D eigenvalue weighted by Crippen LogP contribution is 2.41. The lowest BCUT2D eigenvalue weighted by Crippen LogP contribution is -2.41. The first kappa shape index (κ1) is 21.9. The van der Waals surface area contributed by atoms with Crippen LogP contribution in [0.5, 0.6) is 0 Å². The third kappa shape index (κ3) is 5.42. The molecule has 0 saturated carbocycles. The Morgan fingerprint density at radius 2 is 1.77 bits per heavy atom. The van der Waals surface area contributed by atoms with Gasteiger partial charge in [-0.1, -0.05) is 36.4 Å². The van der Waals surface area contributed by atoms with Crippen molar-refractivity contribution in [2.24, 2.45) is 0 Å². The number of benzene rings is 2. The monoisotopic (exact) mass is 426 g/mol. The quantitative estimate of drug-likeness (QED) is 0.589. The lowest BCUT2D eigenvalue weighted by molar-refractivity contribution is -0.140. The van der Waals surface area contributed by atoms with E-state index < -0.39 is 12.0 Å². The van der Waals surface area contributed by atoms with Gasteiger partial charge in [-0.15, -0.1) is 11.8 Å². The fourth-order valence-corrected chi connectivity index (χ4v) is 4.93. The average molecular weight is 427 g/mol. The number of thioether (sulfide) groups is 1. The largest absolute Gasteiger partial charge is 0.480 e. The summed E-state index contributed by atoms with van der Waals surface area (Å²) in [4.78, 5) is 35.1. The van der Waals surface area contributed by atoms with Gasteiger partial charge in [0, 0.05) is 30.4 Å². The molecule has 1 unspecified atom stereocenters. The van der Waals surface area contributed by atoms with Gasteiger partial charge in [0.25, 0.3) is 0 Å². The van der Waals surface area contributed by atoms with E-state index in [-0.39, 0.29) is 29.5 Å². The van der Waals surface area contributed by atoms with Crippen LogP contribution in [0.15, 0.2) is 53.4 Å². The summed E-state index contributed by atoms with van der Waals surface area (Å²) in [6.45, 7) is 2.86. The van der Waals surface area contributed by atoms with Crippen LogP contribution in [0.2, 0.25) is 0 Å². The lowest BCUT2D eigenvalue weighted by atomic mass is 9.77. The van der Waals surface area contributed by atoms with E-state index in [1.807, 2.05) is 24.3 Å². The summed E-state index contributed by atoms with van der Waals surface area (Å²) < 4.78 is 0. The SMILES string of the molecule is CC(=O)NC1CC[C@H](c2cccc(SC[C@H](NC(C)=O)C(=O)O)c2)c2ccccc21. The molecule has 1 aliphatic carbocycles. The maximum Gasteiger partial charge on any atom is 0.327 e. The Labute approximate surface area is 180 Å². The van der Waals surface area contributed by atoms with E-state index in [9.17, 15) is 19.5 Å². The van der Waals surface area contributed by atoms with Crippen LogP contribution in [-0.4, -0.2) is 34.7 Å². The van der Waals surface area contributed by atoms with Crippen molar-refractivity contribution >= 4 is 29.5 Å². The minimum Gasteiger partial charge on any atom is -0.480 e. The summed E-state index contributed by atoms with van der Waals surface area (Å²) in [7, 11) is 0. The number of carboxylic acid groups (broad SMARTS) is 1. The van der Waals surface area contributed by atoms with Crippen LogP contribution in [0.3, 0.4) is 0 Å². The molecule has 0 spiro atoms. The molecule has 0 aromatic heterocycles. The number of hydrogen-bond acceptors (Lipinski definition) is 4. The number of rotatable bonds is 7. The molecule has 0 radical (unpaired) electrons. The molecule has 1 aliphatic rings. The Hall–Kier alpha value is -2.80. The van der Waals surface area contributed by atoms with Crippen LogP contribution in [0, 0.1) is 0 Å². The van der Waals surface area contributed by atoms with Crippen LogP contribution < -0.4 is 10.6 Å². The van der Waals surface area contributed by atoms with Gasteiger partial charge in [0.05, 0.1) is 6.04 Å². The predicted molar refractivity (Wildman–Crippen MR) is 116 cm³/mol. The van der Waals surface area contributed by atoms with Crippen LogP contribution in [0.4, 0.5) is 0 Å². The topological polar surface area (TPSA) is 95.5 Å². The van der Waals surface area contributed by atoms with Crippen molar-refractivity contribution in [2.45, 2.75) is 49.6 Å². The van der Waals surface area contributed by atoms with Crippen molar-refractivity contribution in [2.75, 3.05) is 5.75 Å². The first-order valence-corrected chi connectivity index (χ1v) is 10.9. The summed E-state index contributed by atoms with van der Waals surface area (Å²) >= 11 is 1.41. The van der Waals surface area contributed by atoms with Crippen LogP contribution in [-0.2, 0) is 14.4 Å². The molecule has 3 atom stereocenters. The molecule has 7 heteroatoms. The number of amides is 2. The van der Waals surface area contributed by atoms with Gasteiger partial charge in [-0.3, -0.25) is 9.59 Å². The number of carbonyl (C=O) groups is 3. The molecule has 3 rings (SSSR count). The molecular weight excluding hydrogens is 400 g/mol. The van der Waals surface area contributed by atoms with Gasteiger partial charge >= 0.3 is 5.97 Å². The van der Waals surface area contributed by atoms with E-state index in [0.29, 0.717) is 0 Å². The van der Waals surface area contributed by atoms with Crippen molar-refractivity contribution in [3.8, 4) is 0 Å². The summed E-state index contributed by atoms with van der Waals surface area (Å²) in [5.74, 6) is -0.955. The van der Waals surface area contributed by atoms with Crippen molar-refractivity contribution in [3.63, 3.8) is 0 Å². The molecule has 30 heavy (non-hydrogen) atoms. The first-order valence-electron chi connectivity index (χ1n) is 9.93. The minimum absolute atomic E-state index is 0.0289. The van der Waals surface area contributed by atoms with E-state index in [4.69, 9.17) is 0 Å². The molecule has 0 saturated heterocycles. The zero-order chi connectivity index (χ0) is 21.7. The van der Waals surface area contributed by atoms with Crippen LogP contribution >= 0.6 is 11.8 Å². The van der Waals surface area contributed by atoms with Gasteiger partial charge in [0.15, 0.2) is 0 Å². The molecule has 2 aromatic rings. The lowest BCUT2D eigenvalue weighted by Gasteiger charge is -2.32. The highest BCUT2D eigenvalue weighted by atomic mass is 32.2. The maximum absolute atomic E-state index is 11.6. The highest BCUT2D eigenvalue weighted by molar-refractivity contribution is 7.99. The van der Waals surface area contributed by atoms with Gasteiger partial charge in [0.2, 0.25) is 11.8 Å². The van der Waals surface area contributed by atoms with E-state index >= 15 is 0 Å². The van der Waals surface area contributed by atoms with E-state index in [1.165, 1.54) is 29.8 Å². The summed E-state index contributed by atoms with van der Waals surface area (Å²) in [6.07, 6.45) is 1.78. The summed E-state index contributed by atoms with van der Waals surface area (Å²) in [6, 6.07) is 15.4. The second-order valence-electron chi connectivity index (χ2n) is 7.49. The fraction of sp³-hybridized carbons (Fsp3) is 0.348. The molecule has 0 aliphatic heterocycles. The Morgan fingerprint density at radius 1 is 1.03 bits per heavy atom. The zero-order valence-electron chi connectivity index (χ0n) is 17.1. The zero-order valence-corrected chi connectivity index (χ0v) is 17.9. The summed E-state index contributed by atoms with van der Waals surface area (Å²) in [5, 5.41) is 14.8. The molecule has 6 nitrogen and oxygen atoms in total. The van der Waals surface area contributed by atoms with E-state index in [1.54, 1.807) is 6.92 Å². The van der Waals surface area contributed by atoms with Crippen molar-refractivity contribution in [1.82, 2.24) is 10.6 Å². The van der Waals surface area contributed by atoms with Crippen molar-refractivity contribution in [1.29, 1.82) is 0 Å². The number of hydrogen-bond donors (Lipinski definition) is 3. The minimum atomic E-state index is -1.04. The van der Waals surface area contributed by atoms with Crippen LogP contribution in [0.25, 0.3) is 0 Å². The molecule has 2 aromatic carbocycles. The molecule has 0 fully saturated rings. The Bertz CT molecular complexity index is 946. The van der Waals surface area contributed by atoms with Gasteiger partial charge < -0.3 is 15.7 Å². The third-order valence-corrected chi connectivity index (χ3v) is 6.31. The van der Waals surface area contributed by atoms with Gasteiger partial charge in [0.1, 0.15) is 6.04 Å². The molecule has 158 valence electrons. The molecule has 3 N–H and O–H groups in total. The first-order chi connectivity index (χ1) is 14.3. The molecule has 0 bridgehead atoms. The second kappa shape index (κ2) is 9.80. The normalized spacial score (nSPS) is 18.7. The molecule has 0 heterocycles. The fourth-order valence-electron chi connectivity index (χ4n) is 3.95. The smallest absolute Gasteiger partial charge is 0.327 e. The van der Waals surface area contributed by atoms with E-state index in [2.05, 4.69) is 34.9 Å². The third-order valence-electron chi connectivity index (χ3n) is 5.22. The predicted octanol–water partition coefficient (Wildman–Crippen LogP) is 3.47. The van der Waals surface area contributed by atoms with E-state index in [0.717, 1.165) is 23.3 Å². The van der Waals surface area contributed by atoms with Gasteiger partial charge in [-0.25, -0.2) is 4.79 Å². The number of aliphatic carboxylic acids is 1. The molecule has 2 amide bonds. The number of fused-ring (bicyclic) bond motifs is 1.